The Hall–Kier alpha value is -1.62. The van der Waals surface area contributed by atoms with E-state index in [0.717, 1.165) is 5.06 Å². The van der Waals surface area contributed by atoms with Gasteiger partial charge in [0.1, 0.15) is 11.6 Å². The quantitative estimate of drug-likeness (QED) is 0.713. The largest absolute Gasteiger partial charge is 0.497 e. The number of nitrogens with zero attached hydrogens (tertiary/aromatic N) is 1. The number of ether oxygens (including phenoxy) is 1. The molecule has 1 aromatic rings. The fourth-order valence-corrected chi connectivity index (χ4v) is 1.05. The molecule has 0 unspecified atom stereocenters. The van der Waals surface area contributed by atoms with Crippen molar-refractivity contribution in [1.29, 1.82) is 0 Å². The third-order valence-corrected chi connectivity index (χ3v) is 1.96. The van der Waals surface area contributed by atoms with Crippen molar-refractivity contribution < 1.29 is 18.8 Å². The van der Waals surface area contributed by atoms with Gasteiger partial charge in [0.05, 0.1) is 19.8 Å². The average Bonchev–Trinajstić information content (AvgIpc) is 2.27. The molecule has 1 amide bonds. The van der Waals surface area contributed by atoms with Crippen LogP contribution in [0.1, 0.15) is 10.4 Å². The molecule has 0 bridgehead atoms. The van der Waals surface area contributed by atoms with Crippen molar-refractivity contribution in [1.82, 2.24) is 5.06 Å². The molecule has 0 aliphatic rings. The summed E-state index contributed by atoms with van der Waals surface area (Å²) in [4.78, 5) is 16.2. The molecule has 1 aromatic carbocycles. The Labute approximate surface area is 87.2 Å². The summed E-state index contributed by atoms with van der Waals surface area (Å²) in [7, 11) is 4.18. The number of carbonyl (C=O) groups excluding carboxylic acids is 1. The normalized spacial score (nSPS) is 9.87. The lowest BCUT2D eigenvalue weighted by molar-refractivity contribution is -0.0759. The van der Waals surface area contributed by atoms with Gasteiger partial charge >= 0.3 is 0 Å². The lowest BCUT2D eigenvalue weighted by Gasteiger charge is -2.14. The Bertz CT molecular complexity index is 368. The van der Waals surface area contributed by atoms with Crippen LogP contribution in [0.5, 0.6) is 5.75 Å². The molecule has 0 aliphatic carbocycles. The van der Waals surface area contributed by atoms with E-state index >= 15 is 0 Å². The molecule has 4 nitrogen and oxygen atoms in total. The highest BCUT2D eigenvalue weighted by atomic mass is 19.1. The fourth-order valence-electron chi connectivity index (χ4n) is 1.05. The van der Waals surface area contributed by atoms with Crippen molar-refractivity contribution in [3.05, 3.63) is 29.6 Å². The third-order valence-electron chi connectivity index (χ3n) is 1.96. The first kappa shape index (κ1) is 11.5. The molecular formula is C10H12FNO3. The first-order chi connectivity index (χ1) is 7.10. The number of hydroxylamine groups is 2. The molecule has 0 radical (unpaired) electrons. The van der Waals surface area contributed by atoms with Gasteiger partial charge in [-0.25, -0.2) is 9.45 Å². The number of benzene rings is 1. The molecule has 0 aliphatic heterocycles. The van der Waals surface area contributed by atoms with Crippen molar-refractivity contribution in [3.63, 3.8) is 0 Å². The van der Waals surface area contributed by atoms with Crippen LogP contribution in [-0.2, 0) is 4.84 Å². The minimum absolute atomic E-state index is 0.0845. The fraction of sp³-hybridized carbons (Fsp3) is 0.300. The minimum atomic E-state index is -0.607. The lowest BCUT2D eigenvalue weighted by atomic mass is 10.2. The average molecular weight is 213 g/mol. The second-order valence-electron chi connectivity index (χ2n) is 2.83. The zero-order valence-corrected chi connectivity index (χ0v) is 8.78. The Balaban J connectivity index is 3.07. The molecular weight excluding hydrogens is 201 g/mol. The molecule has 0 heterocycles. The van der Waals surface area contributed by atoms with E-state index in [9.17, 15) is 9.18 Å². The van der Waals surface area contributed by atoms with Crippen LogP contribution < -0.4 is 4.74 Å². The van der Waals surface area contributed by atoms with E-state index in [-0.39, 0.29) is 5.56 Å². The van der Waals surface area contributed by atoms with Crippen LogP contribution in [-0.4, -0.2) is 32.2 Å². The van der Waals surface area contributed by atoms with Crippen LogP contribution in [0.25, 0.3) is 0 Å². The number of methoxy groups -OCH3 is 1. The molecule has 0 spiro atoms. The van der Waals surface area contributed by atoms with Crippen molar-refractivity contribution in [3.8, 4) is 5.75 Å². The molecule has 15 heavy (non-hydrogen) atoms. The Morgan fingerprint density at radius 3 is 2.60 bits per heavy atom. The molecule has 0 fully saturated rings. The van der Waals surface area contributed by atoms with Crippen LogP contribution >= 0.6 is 0 Å². The van der Waals surface area contributed by atoms with Gasteiger partial charge in [0.15, 0.2) is 0 Å². The lowest BCUT2D eigenvalue weighted by Crippen LogP contribution is -2.26. The molecule has 0 saturated heterocycles. The van der Waals surface area contributed by atoms with Crippen molar-refractivity contribution in [2.45, 2.75) is 0 Å². The van der Waals surface area contributed by atoms with Gasteiger partial charge in [-0.3, -0.25) is 9.63 Å². The first-order valence-corrected chi connectivity index (χ1v) is 4.26. The first-order valence-electron chi connectivity index (χ1n) is 4.26. The summed E-state index contributed by atoms with van der Waals surface area (Å²) < 4.78 is 18.2. The Morgan fingerprint density at radius 1 is 1.40 bits per heavy atom. The monoisotopic (exact) mass is 213 g/mol. The summed E-state index contributed by atoms with van der Waals surface area (Å²) in [5.41, 5.74) is -0.0845. The summed E-state index contributed by atoms with van der Waals surface area (Å²) in [6.07, 6.45) is 0. The van der Waals surface area contributed by atoms with Gasteiger partial charge in [-0.2, -0.15) is 0 Å². The summed E-state index contributed by atoms with van der Waals surface area (Å²) in [5.74, 6) is -0.747. The van der Waals surface area contributed by atoms with E-state index in [2.05, 4.69) is 4.84 Å². The molecule has 0 aromatic heterocycles. The van der Waals surface area contributed by atoms with E-state index in [1.807, 2.05) is 0 Å². The number of amides is 1. The summed E-state index contributed by atoms with van der Waals surface area (Å²) in [5, 5.41) is 0.942. The molecule has 5 heteroatoms. The van der Waals surface area contributed by atoms with Gasteiger partial charge in [0, 0.05) is 7.05 Å². The second kappa shape index (κ2) is 4.75. The van der Waals surface area contributed by atoms with Crippen LogP contribution in [0.3, 0.4) is 0 Å². The maximum Gasteiger partial charge on any atom is 0.280 e. The van der Waals surface area contributed by atoms with Gasteiger partial charge in [0.2, 0.25) is 0 Å². The molecule has 0 N–H and O–H groups in total. The van der Waals surface area contributed by atoms with Crippen LogP contribution in [0.4, 0.5) is 4.39 Å². The number of hydrogen-bond acceptors (Lipinski definition) is 3. The van der Waals surface area contributed by atoms with Crippen molar-refractivity contribution >= 4 is 5.91 Å². The predicted octanol–water partition coefficient (Wildman–Crippen LogP) is 1.47. The Kier molecular flexibility index (Phi) is 3.62. The number of carbonyl (C=O) groups is 1. The van der Waals surface area contributed by atoms with Gasteiger partial charge in [0.25, 0.3) is 5.91 Å². The Morgan fingerprint density at radius 2 is 2.07 bits per heavy atom. The van der Waals surface area contributed by atoms with Crippen LogP contribution in [0, 0.1) is 5.82 Å². The van der Waals surface area contributed by atoms with Gasteiger partial charge < -0.3 is 4.74 Å². The molecule has 1 rings (SSSR count). The predicted molar refractivity (Wildman–Crippen MR) is 52.1 cm³/mol. The maximum absolute atomic E-state index is 13.3. The molecule has 0 atom stereocenters. The number of halogens is 1. The van der Waals surface area contributed by atoms with E-state index in [0.29, 0.717) is 5.75 Å². The van der Waals surface area contributed by atoms with Gasteiger partial charge in [-0.05, 0) is 18.2 Å². The zero-order chi connectivity index (χ0) is 11.4. The SMILES string of the molecule is COc1ccc(F)c(C(=O)N(C)OC)c1. The van der Waals surface area contributed by atoms with Gasteiger partial charge in [-0.1, -0.05) is 0 Å². The van der Waals surface area contributed by atoms with E-state index in [1.54, 1.807) is 0 Å². The standard InChI is InChI=1S/C10H12FNO3/c1-12(15-3)10(13)8-6-7(14-2)4-5-9(8)11/h4-6H,1-3H3. The summed E-state index contributed by atoms with van der Waals surface area (Å²) >= 11 is 0. The highest BCUT2D eigenvalue weighted by Gasteiger charge is 2.16. The maximum atomic E-state index is 13.3. The third kappa shape index (κ3) is 2.44. The van der Waals surface area contributed by atoms with E-state index in [4.69, 9.17) is 4.74 Å². The topological polar surface area (TPSA) is 38.8 Å². The second-order valence-corrected chi connectivity index (χ2v) is 2.83. The van der Waals surface area contributed by atoms with Crippen molar-refractivity contribution in [2.75, 3.05) is 21.3 Å². The van der Waals surface area contributed by atoms with Crippen LogP contribution in [0.15, 0.2) is 18.2 Å². The minimum Gasteiger partial charge on any atom is -0.497 e. The number of rotatable bonds is 3. The summed E-state index contributed by atoms with van der Waals surface area (Å²) in [6, 6.07) is 3.95. The molecule has 82 valence electrons. The molecule has 0 saturated carbocycles. The summed E-state index contributed by atoms with van der Waals surface area (Å²) in [6.45, 7) is 0. The van der Waals surface area contributed by atoms with Gasteiger partial charge in [-0.15, -0.1) is 0 Å². The van der Waals surface area contributed by atoms with Crippen molar-refractivity contribution in [2.24, 2.45) is 0 Å². The zero-order valence-electron chi connectivity index (χ0n) is 8.78. The van der Waals surface area contributed by atoms with Crippen LogP contribution in [0.2, 0.25) is 0 Å². The van der Waals surface area contributed by atoms with E-state index < -0.39 is 11.7 Å². The number of hydrogen-bond donors (Lipinski definition) is 0. The highest BCUT2D eigenvalue weighted by molar-refractivity contribution is 5.94. The highest BCUT2D eigenvalue weighted by Crippen LogP contribution is 2.17. The van der Waals surface area contributed by atoms with E-state index in [1.165, 1.54) is 39.5 Å². The smallest absolute Gasteiger partial charge is 0.280 e.